The molecule has 0 amide bonds. The average Bonchev–Trinajstić information content (AvgIpc) is 3.38. The summed E-state index contributed by atoms with van der Waals surface area (Å²) in [6.07, 6.45) is 6.72. The first-order valence-electron chi connectivity index (χ1n) is 15.4. The van der Waals surface area contributed by atoms with Crippen molar-refractivity contribution in [1.82, 2.24) is 4.98 Å². The molecule has 3 aromatic carbocycles. The number of benzene rings is 3. The standard InChI is InChI=1S/C25H19FNS.C13H24O2.Ir/c1-25(2,3)20-14-16(13-15-7-4-5-8-17(15)20)22-24-19(11-12-27-22)18-9-6-10-21(26)23(18)28-24;1-5-10(6-2)12(14)9-13(15)11(7-3)8-4;/h4-12,14H,1-3H3;9-11,14H,5-8H2,1-4H3;/q-1;;/b;12-9-;. The third kappa shape index (κ3) is 7.65. The van der Waals surface area contributed by atoms with Gasteiger partial charge >= 0.3 is 0 Å². The molecule has 0 aliphatic rings. The number of aromatic nitrogens is 1. The molecule has 0 fully saturated rings. The van der Waals surface area contributed by atoms with Crippen LogP contribution in [0.2, 0.25) is 0 Å². The van der Waals surface area contributed by atoms with Gasteiger partial charge in [0.2, 0.25) is 0 Å². The van der Waals surface area contributed by atoms with Crippen molar-refractivity contribution in [1.29, 1.82) is 0 Å². The molecule has 2 heterocycles. The van der Waals surface area contributed by atoms with Crippen LogP contribution in [0.25, 0.3) is 42.2 Å². The molecule has 3 nitrogen and oxygen atoms in total. The fourth-order valence-electron chi connectivity index (χ4n) is 5.64. The summed E-state index contributed by atoms with van der Waals surface area (Å²) >= 11 is 1.47. The summed E-state index contributed by atoms with van der Waals surface area (Å²) in [5.41, 5.74) is 3.09. The van der Waals surface area contributed by atoms with Crippen molar-refractivity contribution in [2.75, 3.05) is 0 Å². The molecule has 0 aliphatic carbocycles. The van der Waals surface area contributed by atoms with Crippen LogP contribution in [0.15, 0.2) is 72.6 Å². The number of carbonyl (C=O) groups excluding carboxylic acids is 1. The van der Waals surface area contributed by atoms with Crippen LogP contribution < -0.4 is 0 Å². The Bertz CT molecular complexity index is 1760. The van der Waals surface area contributed by atoms with Crippen LogP contribution in [-0.4, -0.2) is 15.9 Å². The predicted molar refractivity (Wildman–Crippen MR) is 181 cm³/mol. The van der Waals surface area contributed by atoms with E-state index in [9.17, 15) is 14.3 Å². The number of ketones is 1. The van der Waals surface area contributed by atoms with Gasteiger partial charge in [-0.05, 0) is 48.6 Å². The number of nitrogens with zero attached hydrogens (tertiary/aromatic N) is 1. The summed E-state index contributed by atoms with van der Waals surface area (Å²) in [6.45, 7) is 14.7. The Balaban J connectivity index is 0.000000286. The van der Waals surface area contributed by atoms with E-state index in [-0.39, 0.29) is 54.7 Å². The molecule has 0 spiro atoms. The zero-order chi connectivity index (χ0) is 31.3. The van der Waals surface area contributed by atoms with Crippen molar-refractivity contribution in [3.05, 3.63) is 90.1 Å². The van der Waals surface area contributed by atoms with Crippen molar-refractivity contribution in [2.24, 2.45) is 11.8 Å². The number of thiophene rings is 1. The van der Waals surface area contributed by atoms with E-state index in [4.69, 9.17) is 0 Å². The Labute approximate surface area is 279 Å². The van der Waals surface area contributed by atoms with E-state index >= 15 is 0 Å². The third-order valence-corrected chi connectivity index (χ3v) is 9.52. The summed E-state index contributed by atoms with van der Waals surface area (Å²) in [7, 11) is 0. The van der Waals surface area contributed by atoms with Crippen LogP contribution in [0.3, 0.4) is 0 Å². The Morgan fingerprint density at radius 1 is 0.909 bits per heavy atom. The van der Waals surface area contributed by atoms with E-state index in [2.05, 4.69) is 56.1 Å². The molecule has 0 saturated carbocycles. The number of allylic oxidation sites excluding steroid dienone is 2. The quantitative estimate of drug-likeness (QED) is 0.0968. The molecule has 6 heteroatoms. The minimum Gasteiger partial charge on any atom is -0.512 e. The van der Waals surface area contributed by atoms with Gasteiger partial charge in [-0.2, -0.15) is 0 Å². The maximum atomic E-state index is 14.4. The molecule has 0 bridgehead atoms. The average molecular weight is 789 g/mol. The second-order valence-electron chi connectivity index (χ2n) is 12.1. The number of pyridine rings is 1. The molecule has 5 rings (SSSR count). The van der Waals surface area contributed by atoms with Crippen molar-refractivity contribution < 1.29 is 34.4 Å². The second-order valence-corrected chi connectivity index (χ2v) is 13.2. The van der Waals surface area contributed by atoms with E-state index in [0.29, 0.717) is 4.70 Å². The minimum absolute atomic E-state index is 0. The van der Waals surface area contributed by atoms with Crippen molar-refractivity contribution in [2.45, 2.75) is 79.6 Å². The van der Waals surface area contributed by atoms with Crippen LogP contribution in [0.1, 0.15) is 79.7 Å². The van der Waals surface area contributed by atoms with E-state index in [1.165, 1.54) is 34.4 Å². The molecular weight excluding hydrogens is 746 g/mol. The Kier molecular flexibility index (Phi) is 12.4. The predicted octanol–water partition coefficient (Wildman–Crippen LogP) is 11.4. The topological polar surface area (TPSA) is 50.2 Å². The molecule has 5 aromatic rings. The maximum absolute atomic E-state index is 14.4. The van der Waals surface area contributed by atoms with Gasteiger partial charge in [0.05, 0.1) is 10.5 Å². The Hall–Kier alpha value is -2.92. The number of halogens is 1. The number of carbonyl (C=O) groups is 1. The first kappa shape index (κ1) is 35.6. The van der Waals surface area contributed by atoms with Gasteiger partial charge in [-0.1, -0.05) is 89.7 Å². The maximum Gasteiger partial charge on any atom is 0.162 e. The Morgan fingerprint density at radius 3 is 2.16 bits per heavy atom. The van der Waals surface area contributed by atoms with Crippen molar-refractivity contribution in [3.8, 4) is 11.3 Å². The summed E-state index contributed by atoms with van der Waals surface area (Å²) < 4.78 is 16.1. The number of hydrogen-bond donors (Lipinski definition) is 1. The normalized spacial score (nSPS) is 12.1. The largest absolute Gasteiger partial charge is 0.512 e. The number of aliphatic hydroxyl groups is 1. The first-order valence-corrected chi connectivity index (χ1v) is 16.2. The van der Waals surface area contributed by atoms with Gasteiger partial charge in [0, 0.05) is 60.0 Å². The van der Waals surface area contributed by atoms with Crippen molar-refractivity contribution >= 4 is 48.1 Å². The summed E-state index contributed by atoms with van der Waals surface area (Å²) in [4.78, 5) is 16.4. The van der Waals surface area contributed by atoms with E-state index in [0.717, 1.165) is 57.8 Å². The molecule has 0 aliphatic heterocycles. The van der Waals surface area contributed by atoms with Gasteiger partial charge in [-0.15, -0.1) is 40.5 Å². The van der Waals surface area contributed by atoms with Gasteiger partial charge in [0.15, 0.2) is 5.78 Å². The fourth-order valence-corrected chi connectivity index (χ4v) is 6.84. The molecule has 0 atom stereocenters. The van der Waals surface area contributed by atoms with Crippen LogP contribution in [0, 0.1) is 23.7 Å². The molecule has 0 unspecified atom stereocenters. The van der Waals surface area contributed by atoms with Crippen LogP contribution in [0.4, 0.5) is 4.39 Å². The zero-order valence-corrected chi connectivity index (χ0v) is 30.0. The minimum atomic E-state index is -0.178. The SMILES string of the molecule is CC(C)(C)c1cc(-c2nccc3c2sc2c(F)cccc23)[c-]c2ccccc12.CCC(CC)C(=O)/C=C(\O)C(CC)CC.[Ir]. The molecule has 235 valence electrons. The van der Waals surface area contributed by atoms with E-state index in [1.807, 2.05) is 52.1 Å². The van der Waals surface area contributed by atoms with E-state index in [1.54, 1.807) is 6.07 Å². The zero-order valence-electron chi connectivity index (χ0n) is 26.8. The molecule has 1 radical (unpaired) electrons. The van der Waals surface area contributed by atoms with Gasteiger partial charge in [-0.3, -0.25) is 9.78 Å². The van der Waals surface area contributed by atoms with E-state index < -0.39 is 0 Å². The van der Waals surface area contributed by atoms with Crippen molar-refractivity contribution in [3.63, 3.8) is 0 Å². The molecule has 0 saturated heterocycles. The summed E-state index contributed by atoms with van der Waals surface area (Å²) in [5, 5.41) is 14.0. The molecular formula is C38H43FIrNO2S-. The Morgan fingerprint density at radius 2 is 1.52 bits per heavy atom. The monoisotopic (exact) mass is 789 g/mol. The summed E-state index contributed by atoms with van der Waals surface area (Å²) in [6, 6.07) is 21.4. The van der Waals surface area contributed by atoms with Crippen LogP contribution >= 0.6 is 11.3 Å². The number of hydrogen-bond acceptors (Lipinski definition) is 4. The van der Waals surface area contributed by atoms with Crippen LogP contribution in [-0.2, 0) is 30.3 Å². The number of aliphatic hydroxyl groups excluding tert-OH is 1. The smallest absolute Gasteiger partial charge is 0.162 e. The number of fused-ring (bicyclic) bond motifs is 4. The van der Waals surface area contributed by atoms with Gasteiger partial charge in [0.25, 0.3) is 0 Å². The van der Waals surface area contributed by atoms with Gasteiger partial charge < -0.3 is 5.11 Å². The first-order chi connectivity index (χ1) is 20.5. The number of rotatable bonds is 8. The fraction of sp³-hybridized carbons (Fsp3) is 0.368. The molecule has 1 N–H and O–H groups in total. The van der Waals surface area contributed by atoms with Crippen LogP contribution in [0.5, 0.6) is 0 Å². The molecule has 2 aromatic heterocycles. The summed E-state index contributed by atoms with van der Waals surface area (Å²) in [5.74, 6) is 0.369. The molecule has 44 heavy (non-hydrogen) atoms. The van der Waals surface area contributed by atoms with Gasteiger partial charge in [0.1, 0.15) is 5.82 Å². The van der Waals surface area contributed by atoms with Gasteiger partial charge in [-0.25, -0.2) is 4.39 Å². The third-order valence-electron chi connectivity index (χ3n) is 8.29. The second kappa shape index (κ2) is 15.4.